The number of fused-ring (bicyclic) bond motifs is 1. The predicted molar refractivity (Wildman–Crippen MR) is 123 cm³/mol. The van der Waals surface area contributed by atoms with E-state index in [0.717, 1.165) is 41.9 Å². The highest BCUT2D eigenvalue weighted by molar-refractivity contribution is 6.01. The number of nitrogens with zero attached hydrogens (tertiary/aromatic N) is 3. The largest absolute Gasteiger partial charge is 0.506 e. The second kappa shape index (κ2) is 8.97. The number of allylic oxidation sites excluding steroid dienone is 2. The number of nitrogens with two attached hydrogens (primary N) is 1. The Bertz CT molecular complexity index is 961. The lowest BCUT2D eigenvalue weighted by Crippen LogP contribution is -2.73. The van der Waals surface area contributed by atoms with E-state index in [1.54, 1.807) is 5.01 Å². The summed E-state index contributed by atoms with van der Waals surface area (Å²) < 4.78 is 0. The molecule has 5 heteroatoms. The number of rotatable bonds is 6. The topological polar surface area (TPSA) is 55.7 Å². The molecule has 2 aromatic rings. The molecule has 0 aliphatic carbocycles. The molecular formula is C24H31N4O+. The number of phenols is 1. The molecule has 3 N–H and O–H groups in total. The fraction of sp³-hybridized carbons (Fsp3) is 0.292. The number of hydrogen-bond acceptors (Lipinski definition) is 4. The molecule has 0 atom stereocenters. The lowest BCUT2D eigenvalue weighted by atomic mass is 10.0. The summed E-state index contributed by atoms with van der Waals surface area (Å²) in [6.45, 7) is 7.10. The van der Waals surface area contributed by atoms with Gasteiger partial charge in [-0.15, -0.1) is 0 Å². The van der Waals surface area contributed by atoms with E-state index in [2.05, 4.69) is 47.2 Å². The highest BCUT2D eigenvalue weighted by Crippen LogP contribution is 2.37. The van der Waals surface area contributed by atoms with Gasteiger partial charge in [-0.1, -0.05) is 24.8 Å². The van der Waals surface area contributed by atoms with Crippen LogP contribution in [0.3, 0.4) is 0 Å². The van der Waals surface area contributed by atoms with Crippen molar-refractivity contribution < 1.29 is 10.4 Å². The minimum absolute atomic E-state index is 0.241. The normalized spacial score (nSPS) is 14.2. The molecule has 1 heterocycles. The first-order chi connectivity index (χ1) is 13.9. The van der Waals surface area contributed by atoms with Gasteiger partial charge in [0, 0.05) is 38.0 Å². The van der Waals surface area contributed by atoms with Crippen molar-refractivity contribution in [2.75, 3.05) is 37.6 Å². The van der Waals surface area contributed by atoms with Crippen LogP contribution < -0.4 is 15.2 Å². The zero-order chi connectivity index (χ0) is 21.0. The first kappa shape index (κ1) is 20.7. The van der Waals surface area contributed by atoms with Crippen LogP contribution in [0.25, 0.3) is 6.08 Å². The maximum Gasteiger partial charge on any atom is 0.142 e. The Morgan fingerprint density at radius 1 is 1.31 bits per heavy atom. The Morgan fingerprint density at radius 2 is 2.07 bits per heavy atom. The summed E-state index contributed by atoms with van der Waals surface area (Å²) >= 11 is 0. The van der Waals surface area contributed by atoms with Crippen LogP contribution in [-0.4, -0.2) is 38.5 Å². The standard InChI is InChI=1S/C24H30N4O/c1-17(12-13-19-9-6-7-11-21(19)25-3)18(2)26-28(5)23-15-20-10-8-14-27(4)22(20)16-24(23)29/h6-7,9,11-13,15-16,25,29H,1,8,10,14H2,2-5H3/p+1/b13-12-,26-18+. The summed E-state index contributed by atoms with van der Waals surface area (Å²) in [7, 11) is 5.95. The van der Waals surface area contributed by atoms with Crippen LogP contribution in [0, 0.1) is 0 Å². The van der Waals surface area contributed by atoms with E-state index in [4.69, 9.17) is 0 Å². The maximum atomic E-state index is 10.5. The fourth-order valence-corrected chi connectivity index (χ4v) is 3.63. The van der Waals surface area contributed by atoms with Gasteiger partial charge in [-0.2, -0.15) is 5.10 Å². The zero-order valence-corrected chi connectivity index (χ0v) is 17.8. The molecule has 0 spiro atoms. The number of hydrogen-bond donors (Lipinski definition) is 2. The van der Waals surface area contributed by atoms with Gasteiger partial charge in [0.25, 0.3) is 0 Å². The van der Waals surface area contributed by atoms with Gasteiger partial charge in [-0.3, -0.25) is 5.01 Å². The number of aryl methyl sites for hydroxylation is 1. The van der Waals surface area contributed by atoms with Crippen molar-refractivity contribution in [1.82, 2.24) is 0 Å². The summed E-state index contributed by atoms with van der Waals surface area (Å²) in [6, 6.07) is 12.1. The SMILES string of the molecule is C=C(/C=C\c1ccccc1[NH2+]C)/C(C)=N/N(C)c1cc2c(cc1O)N(C)CCC2. The Kier molecular flexibility index (Phi) is 6.39. The molecule has 0 radical (unpaired) electrons. The minimum Gasteiger partial charge on any atom is -0.506 e. The predicted octanol–water partition coefficient (Wildman–Crippen LogP) is 3.68. The van der Waals surface area contributed by atoms with Crippen molar-refractivity contribution in [2.24, 2.45) is 5.10 Å². The Morgan fingerprint density at radius 3 is 2.83 bits per heavy atom. The minimum atomic E-state index is 0.241. The molecule has 3 rings (SSSR count). The molecule has 0 saturated heterocycles. The first-order valence-electron chi connectivity index (χ1n) is 10.0. The molecule has 0 aromatic heterocycles. The number of para-hydroxylation sites is 1. The molecular weight excluding hydrogens is 360 g/mol. The van der Waals surface area contributed by atoms with Gasteiger partial charge < -0.3 is 15.3 Å². The first-order valence-corrected chi connectivity index (χ1v) is 10.0. The Hall–Kier alpha value is -3.05. The summed E-state index contributed by atoms with van der Waals surface area (Å²) in [5.41, 5.74) is 7.03. The summed E-state index contributed by atoms with van der Waals surface area (Å²) in [5, 5.41) is 19.0. The Labute approximate surface area is 173 Å². The van der Waals surface area contributed by atoms with E-state index in [0.29, 0.717) is 5.69 Å². The van der Waals surface area contributed by atoms with Crippen molar-refractivity contribution in [3.05, 3.63) is 65.8 Å². The monoisotopic (exact) mass is 391 g/mol. The fourth-order valence-electron chi connectivity index (χ4n) is 3.63. The average Bonchev–Trinajstić information content (AvgIpc) is 2.72. The molecule has 152 valence electrons. The van der Waals surface area contributed by atoms with E-state index < -0.39 is 0 Å². The number of phenolic OH excluding ortho intramolecular Hbond substituents is 1. The van der Waals surface area contributed by atoms with Crippen molar-refractivity contribution >= 4 is 28.8 Å². The van der Waals surface area contributed by atoms with Crippen LogP contribution in [0.2, 0.25) is 0 Å². The lowest BCUT2D eigenvalue weighted by molar-refractivity contribution is -0.539. The number of benzene rings is 2. The molecule has 0 bridgehead atoms. The molecule has 0 amide bonds. The van der Waals surface area contributed by atoms with Crippen LogP contribution >= 0.6 is 0 Å². The van der Waals surface area contributed by atoms with E-state index in [-0.39, 0.29) is 5.75 Å². The number of aromatic hydroxyl groups is 1. The Balaban J connectivity index is 1.79. The van der Waals surface area contributed by atoms with E-state index >= 15 is 0 Å². The van der Waals surface area contributed by atoms with Crippen molar-refractivity contribution in [3.8, 4) is 5.75 Å². The van der Waals surface area contributed by atoms with Crippen molar-refractivity contribution in [3.63, 3.8) is 0 Å². The van der Waals surface area contributed by atoms with E-state index in [9.17, 15) is 5.11 Å². The number of hydrazone groups is 1. The molecule has 0 fully saturated rings. The van der Waals surface area contributed by atoms with Gasteiger partial charge in [0.05, 0.1) is 12.8 Å². The van der Waals surface area contributed by atoms with Crippen LogP contribution in [0.5, 0.6) is 5.75 Å². The van der Waals surface area contributed by atoms with Crippen molar-refractivity contribution in [2.45, 2.75) is 19.8 Å². The summed E-state index contributed by atoms with van der Waals surface area (Å²) in [5.74, 6) is 0.241. The maximum absolute atomic E-state index is 10.5. The van der Waals surface area contributed by atoms with E-state index in [1.165, 1.54) is 11.3 Å². The third kappa shape index (κ3) is 4.69. The van der Waals surface area contributed by atoms with Crippen LogP contribution in [0.15, 0.2) is 59.7 Å². The number of quaternary nitrogens is 1. The highest BCUT2D eigenvalue weighted by atomic mass is 16.3. The molecule has 5 nitrogen and oxygen atoms in total. The quantitative estimate of drug-likeness (QED) is 0.342. The third-order valence-electron chi connectivity index (χ3n) is 5.41. The molecule has 29 heavy (non-hydrogen) atoms. The molecule has 0 saturated carbocycles. The molecule has 1 aliphatic rings. The molecule has 2 aromatic carbocycles. The van der Waals surface area contributed by atoms with Crippen LogP contribution in [-0.2, 0) is 6.42 Å². The van der Waals surface area contributed by atoms with Gasteiger partial charge in [-0.25, -0.2) is 0 Å². The van der Waals surface area contributed by atoms with Crippen LogP contribution in [0.4, 0.5) is 17.1 Å². The second-order valence-corrected chi connectivity index (χ2v) is 7.48. The van der Waals surface area contributed by atoms with E-state index in [1.807, 2.05) is 51.4 Å². The van der Waals surface area contributed by atoms with Crippen molar-refractivity contribution in [1.29, 1.82) is 0 Å². The smallest absolute Gasteiger partial charge is 0.142 e. The summed E-state index contributed by atoms with van der Waals surface area (Å²) in [4.78, 5) is 2.19. The summed E-state index contributed by atoms with van der Waals surface area (Å²) in [6.07, 6.45) is 6.18. The molecule has 0 unspecified atom stereocenters. The van der Waals surface area contributed by atoms with Crippen LogP contribution in [0.1, 0.15) is 24.5 Å². The second-order valence-electron chi connectivity index (χ2n) is 7.48. The number of anilines is 2. The van der Waals surface area contributed by atoms with Gasteiger partial charge in [0.2, 0.25) is 0 Å². The van der Waals surface area contributed by atoms with Gasteiger partial charge in [0.15, 0.2) is 0 Å². The molecule has 1 aliphatic heterocycles. The van der Waals surface area contributed by atoms with Gasteiger partial charge in [0.1, 0.15) is 17.1 Å². The third-order valence-corrected chi connectivity index (χ3v) is 5.41. The average molecular weight is 392 g/mol. The van der Waals surface area contributed by atoms with Gasteiger partial charge >= 0.3 is 0 Å². The van der Waals surface area contributed by atoms with Gasteiger partial charge in [-0.05, 0) is 55.2 Å². The highest BCUT2D eigenvalue weighted by Gasteiger charge is 2.18. The lowest BCUT2D eigenvalue weighted by Gasteiger charge is -2.29. The zero-order valence-electron chi connectivity index (χ0n) is 17.8.